The molecule has 4 atom stereocenters. The highest BCUT2D eigenvalue weighted by Gasteiger charge is 2.53. The molecule has 0 bridgehead atoms. The van der Waals surface area contributed by atoms with Crippen molar-refractivity contribution in [3.63, 3.8) is 0 Å². The number of ether oxygens (including phenoxy) is 3. The van der Waals surface area contributed by atoms with E-state index in [9.17, 15) is 15.3 Å². The van der Waals surface area contributed by atoms with Crippen molar-refractivity contribution < 1.29 is 29.5 Å². The molecule has 1 aliphatic heterocycles. The smallest absolute Gasteiger partial charge is 0.186 e. The normalized spacial score (nSPS) is 27.8. The van der Waals surface area contributed by atoms with Gasteiger partial charge in [-0.05, 0) is 34.6 Å². The lowest BCUT2D eigenvalue weighted by Crippen LogP contribution is -2.44. The fourth-order valence-electron chi connectivity index (χ4n) is 3.56. The molecule has 10 nitrogen and oxygen atoms in total. The zero-order valence-corrected chi connectivity index (χ0v) is 17.3. The van der Waals surface area contributed by atoms with Gasteiger partial charge in [-0.2, -0.15) is 0 Å². The summed E-state index contributed by atoms with van der Waals surface area (Å²) < 4.78 is 19.3. The monoisotopic (exact) mass is 410 g/mol. The third kappa shape index (κ3) is 3.96. The standard InChI is InChI=1S/C19H30N4O6/c1-9(2)27-17(28-10(3)4)11-6-23(16-13(11)15(20)21-8-22-16)18-19(5,26)14(25)12(7-24)29-18/h6,8-10,12,14,17-18,24-26H,7H2,1-5H3,(H2,20,21,22)/t12?,14-,18?,19-/m1/s1. The molecule has 5 N–H and O–H groups in total. The number of hydrogen-bond donors (Lipinski definition) is 4. The van der Waals surface area contributed by atoms with Crippen molar-refractivity contribution in [2.45, 2.75) is 77.2 Å². The number of rotatable bonds is 7. The summed E-state index contributed by atoms with van der Waals surface area (Å²) in [4.78, 5) is 8.40. The van der Waals surface area contributed by atoms with Crippen LogP contribution in [0.2, 0.25) is 0 Å². The van der Waals surface area contributed by atoms with Crippen LogP contribution < -0.4 is 5.73 Å². The van der Waals surface area contributed by atoms with Crippen LogP contribution in [0.5, 0.6) is 0 Å². The Kier molecular flexibility index (Phi) is 6.13. The van der Waals surface area contributed by atoms with Crippen LogP contribution in [0.25, 0.3) is 11.0 Å². The molecule has 2 aromatic rings. The van der Waals surface area contributed by atoms with Crippen LogP contribution in [-0.4, -0.2) is 66.5 Å². The predicted octanol–water partition coefficient (Wildman–Crippen LogP) is 0.864. The Labute approximate surface area is 169 Å². The number of hydrogen-bond acceptors (Lipinski definition) is 9. The number of anilines is 1. The van der Waals surface area contributed by atoms with Gasteiger partial charge in [-0.3, -0.25) is 0 Å². The summed E-state index contributed by atoms with van der Waals surface area (Å²) in [6, 6.07) is 0. The van der Waals surface area contributed by atoms with Crippen LogP contribution in [0.4, 0.5) is 5.82 Å². The van der Waals surface area contributed by atoms with Crippen molar-refractivity contribution in [1.82, 2.24) is 14.5 Å². The second-order valence-corrected chi connectivity index (χ2v) is 8.03. The summed E-state index contributed by atoms with van der Waals surface area (Å²) in [5, 5.41) is 31.3. The molecule has 3 heterocycles. The van der Waals surface area contributed by atoms with E-state index < -0.39 is 36.9 Å². The number of nitrogens with two attached hydrogens (primary N) is 1. The van der Waals surface area contributed by atoms with Gasteiger partial charge in [0.2, 0.25) is 0 Å². The fourth-order valence-corrected chi connectivity index (χ4v) is 3.56. The third-order valence-corrected chi connectivity index (χ3v) is 4.90. The first-order valence-corrected chi connectivity index (χ1v) is 9.66. The number of aliphatic hydroxyl groups excluding tert-OH is 2. The molecule has 10 heteroatoms. The van der Waals surface area contributed by atoms with E-state index in [1.54, 1.807) is 10.8 Å². The molecule has 0 saturated carbocycles. The van der Waals surface area contributed by atoms with Gasteiger partial charge in [-0.1, -0.05) is 0 Å². The molecule has 1 aliphatic rings. The molecule has 0 aliphatic carbocycles. The first kappa shape index (κ1) is 21.9. The highest BCUT2D eigenvalue weighted by Crippen LogP contribution is 2.42. The zero-order chi connectivity index (χ0) is 21.5. The zero-order valence-electron chi connectivity index (χ0n) is 17.3. The lowest BCUT2D eigenvalue weighted by Gasteiger charge is -2.27. The summed E-state index contributed by atoms with van der Waals surface area (Å²) in [6.07, 6.45) is -1.27. The molecule has 0 amide bonds. The van der Waals surface area contributed by atoms with Crippen molar-refractivity contribution in [2.24, 2.45) is 0 Å². The van der Waals surface area contributed by atoms with Crippen molar-refractivity contribution in [2.75, 3.05) is 12.3 Å². The van der Waals surface area contributed by atoms with Crippen LogP contribution in [0.15, 0.2) is 12.5 Å². The molecule has 0 aromatic carbocycles. The van der Waals surface area contributed by atoms with Gasteiger partial charge in [0.1, 0.15) is 35.6 Å². The summed E-state index contributed by atoms with van der Waals surface area (Å²) in [5.41, 5.74) is 5.45. The van der Waals surface area contributed by atoms with Crippen molar-refractivity contribution in [1.29, 1.82) is 0 Å². The van der Waals surface area contributed by atoms with Crippen LogP contribution in [0.3, 0.4) is 0 Å². The molecule has 1 saturated heterocycles. The molecule has 162 valence electrons. The van der Waals surface area contributed by atoms with Crippen molar-refractivity contribution >= 4 is 16.9 Å². The molecule has 2 aromatic heterocycles. The average molecular weight is 410 g/mol. The molecular weight excluding hydrogens is 380 g/mol. The van der Waals surface area contributed by atoms with Crippen molar-refractivity contribution in [3.8, 4) is 0 Å². The molecule has 0 spiro atoms. The first-order chi connectivity index (χ1) is 13.6. The van der Waals surface area contributed by atoms with E-state index in [0.717, 1.165) is 0 Å². The van der Waals surface area contributed by atoms with Crippen LogP contribution in [-0.2, 0) is 14.2 Å². The third-order valence-electron chi connectivity index (χ3n) is 4.90. The molecule has 1 fully saturated rings. The van der Waals surface area contributed by atoms with E-state index in [4.69, 9.17) is 19.9 Å². The Bertz CT molecular complexity index is 843. The molecule has 3 rings (SSSR count). The van der Waals surface area contributed by atoms with Gasteiger partial charge in [-0.15, -0.1) is 0 Å². The lowest BCUT2D eigenvalue weighted by atomic mass is 9.96. The van der Waals surface area contributed by atoms with E-state index in [1.807, 2.05) is 27.7 Å². The van der Waals surface area contributed by atoms with Gasteiger partial charge >= 0.3 is 0 Å². The molecular formula is C19H30N4O6. The summed E-state index contributed by atoms with van der Waals surface area (Å²) >= 11 is 0. The van der Waals surface area contributed by atoms with Gasteiger partial charge in [0.25, 0.3) is 0 Å². The number of aromatic nitrogens is 3. The van der Waals surface area contributed by atoms with Gasteiger partial charge in [-0.25, -0.2) is 9.97 Å². The van der Waals surface area contributed by atoms with E-state index in [2.05, 4.69) is 9.97 Å². The number of nitrogen functional groups attached to an aromatic ring is 1. The molecule has 2 unspecified atom stereocenters. The Morgan fingerprint density at radius 1 is 1.24 bits per heavy atom. The Morgan fingerprint density at radius 3 is 2.38 bits per heavy atom. The van der Waals surface area contributed by atoms with Crippen LogP contribution >= 0.6 is 0 Å². The summed E-state index contributed by atoms with van der Waals surface area (Å²) in [6.45, 7) is 8.57. The minimum Gasteiger partial charge on any atom is -0.394 e. The maximum atomic E-state index is 10.9. The number of aliphatic hydroxyl groups is 3. The van der Waals surface area contributed by atoms with Crippen molar-refractivity contribution in [3.05, 3.63) is 18.1 Å². The minimum absolute atomic E-state index is 0.130. The lowest BCUT2D eigenvalue weighted by molar-refractivity contribution is -0.185. The predicted molar refractivity (Wildman–Crippen MR) is 105 cm³/mol. The van der Waals surface area contributed by atoms with Gasteiger partial charge in [0.05, 0.1) is 24.2 Å². The van der Waals surface area contributed by atoms with Gasteiger partial charge in [0.15, 0.2) is 12.5 Å². The first-order valence-electron chi connectivity index (χ1n) is 9.66. The number of nitrogens with zero attached hydrogens (tertiary/aromatic N) is 3. The van der Waals surface area contributed by atoms with E-state index >= 15 is 0 Å². The maximum absolute atomic E-state index is 10.9. The highest BCUT2D eigenvalue weighted by atomic mass is 16.7. The highest BCUT2D eigenvalue weighted by molar-refractivity contribution is 5.90. The van der Waals surface area contributed by atoms with E-state index in [1.165, 1.54) is 13.3 Å². The van der Waals surface area contributed by atoms with E-state index in [-0.39, 0.29) is 18.0 Å². The molecule has 0 radical (unpaired) electrons. The van der Waals surface area contributed by atoms with Gasteiger partial charge < -0.3 is 39.8 Å². The van der Waals surface area contributed by atoms with Crippen LogP contribution in [0.1, 0.15) is 52.7 Å². The maximum Gasteiger partial charge on any atom is 0.186 e. The van der Waals surface area contributed by atoms with E-state index in [0.29, 0.717) is 16.6 Å². The SMILES string of the molecule is CC(C)OC(OC(C)C)c1cn(C2OC(CO)[C@@H](O)[C@@]2(C)O)c2ncnc(N)c12. The van der Waals surface area contributed by atoms with Crippen LogP contribution in [0, 0.1) is 0 Å². The minimum atomic E-state index is -1.68. The Balaban J connectivity index is 2.17. The Morgan fingerprint density at radius 2 is 1.86 bits per heavy atom. The average Bonchev–Trinajstić information content (AvgIpc) is 3.11. The second kappa shape index (κ2) is 8.13. The Hall–Kier alpha value is -1.82. The summed E-state index contributed by atoms with van der Waals surface area (Å²) in [5.74, 6) is 0.227. The second-order valence-electron chi connectivity index (χ2n) is 8.03. The molecule has 29 heavy (non-hydrogen) atoms. The largest absolute Gasteiger partial charge is 0.394 e. The fraction of sp³-hybridized carbons (Fsp3) is 0.684. The summed E-state index contributed by atoms with van der Waals surface area (Å²) in [7, 11) is 0. The van der Waals surface area contributed by atoms with Gasteiger partial charge in [0, 0.05) is 11.8 Å². The quantitative estimate of drug-likeness (QED) is 0.488. The topological polar surface area (TPSA) is 145 Å². The number of fused-ring (bicyclic) bond motifs is 1.